The summed E-state index contributed by atoms with van der Waals surface area (Å²) in [7, 11) is 0. The molecule has 0 aromatic rings. The van der Waals surface area contributed by atoms with Crippen molar-refractivity contribution in [1.29, 1.82) is 0 Å². The van der Waals surface area contributed by atoms with Gasteiger partial charge in [-0.25, -0.2) is 0 Å². The molecule has 0 aliphatic heterocycles. The van der Waals surface area contributed by atoms with Crippen molar-refractivity contribution >= 4 is 5.71 Å². The maximum Gasteiger partial charge on any atom is 0.0604 e. The van der Waals surface area contributed by atoms with Gasteiger partial charge in [0.05, 0.1) is 5.71 Å². The van der Waals surface area contributed by atoms with Crippen molar-refractivity contribution < 1.29 is 5.21 Å². The minimum atomic E-state index is 0.566. The zero-order valence-electron chi connectivity index (χ0n) is 8.08. The molecule has 0 saturated heterocycles. The molecule has 2 atom stereocenters. The van der Waals surface area contributed by atoms with Gasteiger partial charge in [-0.1, -0.05) is 25.4 Å². The van der Waals surface area contributed by atoms with Crippen molar-refractivity contribution in [1.82, 2.24) is 0 Å². The predicted molar refractivity (Wildman–Crippen MR) is 50.6 cm³/mol. The summed E-state index contributed by atoms with van der Waals surface area (Å²) in [5.41, 5.74) is 1.04. The van der Waals surface area contributed by atoms with Crippen LogP contribution in [0, 0.1) is 11.8 Å². The maximum absolute atomic E-state index is 8.79. The Balaban J connectivity index is 2.51. The Bertz CT molecular complexity index is 165. The van der Waals surface area contributed by atoms with Gasteiger partial charge in [-0.2, -0.15) is 0 Å². The third-order valence-corrected chi connectivity index (χ3v) is 2.80. The van der Waals surface area contributed by atoms with Crippen LogP contribution in [0.4, 0.5) is 0 Å². The second-order valence-corrected chi connectivity index (χ2v) is 3.96. The average Bonchev–Trinajstić information content (AvgIpc) is 2.08. The van der Waals surface area contributed by atoms with Crippen molar-refractivity contribution in [2.24, 2.45) is 17.0 Å². The highest BCUT2D eigenvalue weighted by Gasteiger charge is 2.23. The summed E-state index contributed by atoms with van der Waals surface area (Å²) in [6, 6.07) is 0. The summed E-state index contributed by atoms with van der Waals surface area (Å²) < 4.78 is 0. The van der Waals surface area contributed by atoms with Gasteiger partial charge in [-0.05, 0) is 31.6 Å². The fraction of sp³-hybridized carbons (Fsp3) is 0.900. The van der Waals surface area contributed by atoms with Gasteiger partial charge in [-0.15, -0.1) is 0 Å². The Hall–Kier alpha value is -0.530. The highest BCUT2D eigenvalue weighted by Crippen LogP contribution is 2.29. The molecular formula is C10H19NO. The summed E-state index contributed by atoms with van der Waals surface area (Å²) in [5, 5.41) is 12.2. The van der Waals surface area contributed by atoms with Gasteiger partial charge in [0, 0.05) is 5.92 Å². The van der Waals surface area contributed by atoms with Crippen LogP contribution in [0.2, 0.25) is 0 Å². The van der Waals surface area contributed by atoms with Gasteiger partial charge in [0.15, 0.2) is 0 Å². The van der Waals surface area contributed by atoms with E-state index in [0.29, 0.717) is 11.8 Å². The van der Waals surface area contributed by atoms with Crippen LogP contribution in [0.3, 0.4) is 0 Å². The van der Waals surface area contributed by atoms with E-state index in [1.807, 2.05) is 0 Å². The van der Waals surface area contributed by atoms with Crippen LogP contribution >= 0.6 is 0 Å². The molecule has 0 unspecified atom stereocenters. The molecular weight excluding hydrogens is 150 g/mol. The molecule has 12 heavy (non-hydrogen) atoms. The van der Waals surface area contributed by atoms with Crippen LogP contribution in [0.25, 0.3) is 0 Å². The number of hydrogen-bond acceptors (Lipinski definition) is 2. The van der Waals surface area contributed by atoms with E-state index in [1.165, 1.54) is 25.7 Å². The van der Waals surface area contributed by atoms with E-state index in [1.54, 1.807) is 0 Å². The molecule has 1 aliphatic rings. The average molecular weight is 169 g/mol. The smallest absolute Gasteiger partial charge is 0.0604 e. The first-order valence-electron chi connectivity index (χ1n) is 4.98. The summed E-state index contributed by atoms with van der Waals surface area (Å²) in [4.78, 5) is 0. The fourth-order valence-corrected chi connectivity index (χ4v) is 2.06. The summed E-state index contributed by atoms with van der Waals surface area (Å²) >= 11 is 0. The Morgan fingerprint density at radius 1 is 1.50 bits per heavy atom. The molecule has 1 aliphatic carbocycles. The molecule has 0 aromatic heterocycles. The van der Waals surface area contributed by atoms with Gasteiger partial charge in [0.2, 0.25) is 0 Å². The highest BCUT2D eigenvalue weighted by atomic mass is 16.4. The first kappa shape index (κ1) is 9.56. The van der Waals surface area contributed by atoms with Crippen molar-refractivity contribution in [3.63, 3.8) is 0 Å². The standard InChI is InChI=1S/C10H19NO/c1-3-4-9-6-5-8(2)7-10(9)11-12/h8-9,12H,3-7H2,1-2H3/t8-,9+/m1/s1. The maximum atomic E-state index is 8.79. The molecule has 0 bridgehead atoms. The van der Waals surface area contributed by atoms with Crippen molar-refractivity contribution in [3.8, 4) is 0 Å². The number of hydrogen-bond donors (Lipinski definition) is 1. The Morgan fingerprint density at radius 3 is 2.83 bits per heavy atom. The molecule has 2 heteroatoms. The topological polar surface area (TPSA) is 32.6 Å². The van der Waals surface area contributed by atoms with Crippen LogP contribution in [0.15, 0.2) is 5.16 Å². The van der Waals surface area contributed by atoms with Gasteiger partial charge in [0.1, 0.15) is 0 Å². The SMILES string of the molecule is CCC[C@H]1CC[C@@H](C)CC1=NO. The lowest BCUT2D eigenvalue weighted by atomic mass is 9.79. The lowest BCUT2D eigenvalue weighted by Gasteiger charge is -2.26. The first-order chi connectivity index (χ1) is 5.77. The molecule has 1 saturated carbocycles. The monoisotopic (exact) mass is 169 g/mol. The van der Waals surface area contributed by atoms with E-state index in [9.17, 15) is 0 Å². The molecule has 0 spiro atoms. The third kappa shape index (κ3) is 2.23. The number of rotatable bonds is 2. The zero-order chi connectivity index (χ0) is 8.97. The Kier molecular flexibility index (Phi) is 3.57. The Labute approximate surface area is 74.7 Å². The van der Waals surface area contributed by atoms with Crippen LogP contribution in [0.5, 0.6) is 0 Å². The molecule has 0 aromatic carbocycles. The molecule has 0 heterocycles. The van der Waals surface area contributed by atoms with Crippen LogP contribution in [0.1, 0.15) is 46.0 Å². The predicted octanol–water partition coefficient (Wildman–Crippen LogP) is 3.05. The quantitative estimate of drug-likeness (QED) is 0.500. The summed E-state index contributed by atoms with van der Waals surface area (Å²) in [6.45, 7) is 4.42. The van der Waals surface area contributed by atoms with Crippen LogP contribution in [-0.2, 0) is 0 Å². The molecule has 1 rings (SSSR count). The van der Waals surface area contributed by atoms with Crippen LogP contribution < -0.4 is 0 Å². The number of nitrogens with zero attached hydrogens (tertiary/aromatic N) is 1. The molecule has 0 radical (unpaired) electrons. The second-order valence-electron chi connectivity index (χ2n) is 3.96. The van der Waals surface area contributed by atoms with Crippen LogP contribution in [-0.4, -0.2) is 10.9 Å². The van der Waals surface area contributed by atoms with E-state index in [4.69, 9.17) is 5.21 Å². The van der Waals surface area contributed by atoms with Crippen molar-refractivity contribution in [2.75, 3.05) is 0 Å². The largest absolute Gasteiger partial charge is 0.411 e. The van der Waals surface area contributed by atoms with E-state index in [2.05, 4.69) is 19.0 Å². The number of oxime groups is 1. The zero-order valence-corrected chi connectivity index (χ0v) is 8.08. The molecule has 2 nitrogen and oxygen atoms in total. The van der Waals surface area contributed by atoms with Gasteiger partial charge in [-0.3, -0.25) is 0 Å². The second kappa shape index (κ2) is 4.48. The van der Waals surface area contributed by atoms with E-state index in [-0.39, 0.29) is 0 Å². The first-order valence-corrected chi connectivity index (χ1v) is 4.98. The highest BCUT2D eigenvalue weighted by molar-refractivity contribution is 5.87. The lowest BCUT2D eigenvalue weighted by Crippen LogP contribution is -2.23. The van der Waals surface area contributed by atoms with Gasteiger partial charge >= 0.3 is 0 Å². The van der Waals surface area contributed by atoms with Crippen molar-refractivity contribution in [3.05, 3.63) is 0 Å². The third-order valence-electron chi connectivity index (χ3n) is 2.80. The Morgan fingerprint density at radius 2 is 2.25 bits per heavy atom. The summed E-state index contributed by atoms with van der Waals surface area (Å²) in [6.07, 6.45) is 5.89. The minimum absolute atomic E-state index is 0.566. The molecule has 1 N–H and O–H groups in total. The lowest BCUT2D eigenvalue weighted by molar-refractivity contribution is 0.300. The van der Waals surface area contributed by atoms with Crippen molar-refractivity contribution in [2.45, 2.75) is 46.0 Å². The minimum Gasteiger partial charge on any atom is -0.411 e. The fourth-order valence-electron chi connectivity index (χ4n) is 2.06. The normalized spacial score (nSPS) is 34.0. The molecule has 0 amide bonds. The van der Waals surface area contributed by atoms with Gasteiger partial charge in [0.25, 0.3) is 0 Å². The van der Waals surface area contributed by atoms with E-state index in [0.717, 1.165) is 12.1 Å². The van der Waals surface area contributed by atoms with E-state index >= 15 is 0 Å². The molecule has 70 valence electrons. The van der Waals surface area contributed by atoms with E-state index < -0.39 is 0 Å². The van der Waals surface area contributed by atoms with Gasteiger partial charge < -0.3 is 5.21 Å². The summed E-state index contributed by atoms with van der Waals surface area (Å²) in [5.74, 6) is 1.28. The molecule has 1 fully saturated rings.